The molecule has 1 fully saturated rings. The molecule has 2 heterocycles. The van der Waals surface area contributed by atoms with Gasteiger partial charge in [-0.2, -0.15) is 0 Å². The van der Waals surface area contributed by atoms with Crippen molar-refractivity contribution in [2.75, 3.05) is 13.1 Å². The fraction of sp³-hybridized carbons (Fsp3) is 0.286. The van der Waals surface area contributed by atoms with Crippen LogP contribution in [0.15, 0.2) is 45.6 Å². The van der Waals surface area contributed by atoms with Gasteiger partial charge in [-0.15, -0.1) is 0 Å². The zero-order valence-corrected chi connectivity index (χ0v) is 15.1. The molecule has 1 aromatic heterocycles. The normalized spacial score (nSPS) is 15.9. The molecule has 0 bridgehead atoms. The van der Waals surface area contributed by atoms with Gasteiger partial charge < -0.3 is 24.8 Å². The average Bonchev–Trinajstić information content (AvgIpc) is 2.71. The molecule has 4 N–H and O–H groups in total. The molecule has 0 saturated carbocycles. The Morgan fingerprint density at radius 2 is 1.68 bits per heavy atom. The Balaban J connectivity index is 1.89. The molecule has 7 heteroatoms. The third-order valence-corrected chi connectivity index (χ3v) is 5.19. The Labute approximate surface area is 160 Å². The Bertz CT molecular complexity index is 1070. The summed E-state index contributed by atoms with van der Waals surface area (Å²) >= 11 is 0. The van der Waals surface area contributed by atoms with Crippen molar-refractivity contribution in [3.63, 3.8) is 0 Å². The number of fused-ring (bicyclic) bond motifs is 1. The number of aliphatic hydroxyl groups is 1. The van der Waals surface area contributed by atoms with Gasteiger partial charge in [-0.05, 0) is 12.8 Å². The van der Waals surface area contributed by atoms with E-state index in [4.69, 9.17) is 4.42 Å². The van der Waals surface area contributed by atoms with Gasteiger partial charge in [-0.1, -0.05) is 30.3 Å². The number of benzene rings is 2. The number of phenols is 3. The topological polar surface area (TPSA) is 114 Å². The van der Waals surface area contributed by atoms with Crippen LogP contribution >= 0.6 is 0 Å². The molecule has 2 aromatic carbocycles. The van der Waals surface area contributed by atoms with Crippen LogP contribution in [-0.2, 0) is 6.54 Å². The van der Waals surface area contributed by atoms with Crippen molar-refractivity contribution >= 4 is 11.0 Å². The molecule has 0 amide bonds. The lowest BCUT2D eigenvalue weighted by molar-refractivity contribution is 0.0789. The number of hydrogen-bond acceptors (Lipinski definition) is 7. The molecule has 1 aliphatic heterocycles. The summed E-state index contributed by atoms with van der Waals surface area (Å²) in [7, 11) is 0. The smallest absolute Gasteiger partial charge is 0.201 e. The van der Waals surface area contributed by atoms with Crippen LogP contribution in [-0.4, -0.2) is 44.5 Å². The standard InChI is InChI=1S/C21H21NO6/c23-13-6-8-22(9-7-13)11-14-18(25)20(27)19(26)17-15(24)10-16(28-21(14)17)12-4-2-1-3-5-12/h1-5,10,13,23,25-27H,6-9,11H2. The van der Waals surface area contributed by atoms with Crippen molar-refractivity contribution in [3.05, 3.63) is 52.2 Å². The van der Waals surface area contributed by atoms with Crippen LogP contribution in [0.5, 0.6) is 17.2 Å². The van der Waals surface area contributed by atoms with Gasteiger partial charge in [0.05, 0.1) is 11.7 Å². The third kappa shape index (κ3) is 3.19. The van der Waals surface area contributed by atoms with E-state index in [9.17, 15) is 25.2 Å². The Hall–Kier alpha value is -3.03. The Morgan fingerprint density at radius 3 is 2.36 bits per heavy atom. The van der Waals surface area contributed by atoms with E-state index in [1.165, 1.54) is 6.07 Å². The number of likely N-dealkylation sites (tertiary alicyclic amines) is 1. The van der Waals surface area contributed by atoms with E-state index in [-0.39, 0.29) is 29.2 Å². The first-order valence-electron chi connectivity index (χ1n) is 9.15. The monoisotopic (exact) mass is 383 g/mol. The van der Waals surface area contributed by atoms with Crippen molar-refractivity contribution in [3.8, 4) is 28.6 Å². The summed E-state index contributed by atoms with van der Waals surface area (Å²) in [6.45, 7) is 1.42. The molecule has 0 atom stereocenters. The summed E-state index contributed by atoms with van der Waals surface area (Å²) in [4.78, 5) is 14.7. The molecular formula is C21H21NO6. The highest BCUT2D eigenvalue weighted by atomic mass is 16.3. The highest BCUT2D eigenvalue weighted by molar-refractivity contribution is 5.92. The molecule has 4 rings (SSSR count). The minimum atomic E-state index is -0.737. The van der Waals surface area contributed by atoms with Crippen LogP contribution in [0.1, 0.15) is 18.4 Å². The number of aromatic hydroxyl groups is 3. The fourth-order valence-electron chi connectivity index (χ4n) is 3.60. The van der Waals surface area contributed by atoms with Gasteiger partial charge in [-0.3, -0.25) is 9.69 Å². The summed E-state index contributed by atoms with van der Waals surface area (Å²) in [5.74, 6) is -1.64. The summed E-state index contributed by atoms with van der Waals surface area (Å²) in [5, 5.41) is 40.3. The molecule has 0 spiro atoms. The first-order chi connectivity index (χ1) is 13.5. The zero-order chi connectivity index (χ0) is 19.8. The lowest BCUT2D eigenvalue weighted by atomic mass is 10.0. The maximum Gasteiger partial charge on any atom is 0.201 e. The highest BCUT2D eigenvalue weighted by Gasteiger charge is 2.26. The average molecular weight is 383 g/mol. The lowest BCUT2D eigenvalue weighted by Gasteiger charge is -2.29. The maximum atomic E-state index is 12.7. The minimum absolute atomic E-state index is 0.0466. The first kappa shape index (κ1) is 18.3. The second-order valence-electron chi connectivity index (χ2n) is 7.08. The molecule has 0 unspecified atom stereocenters. The predicted molar refractivity (Wildman–Crippen MR) is 103 cm³/mol. The van der Waals surface area contributed by atoms with Gasteiger partial charge in [0.25, 0.3) is 0 Å². The molecule has 0 radical (unpaired) electrons. The van der Waals surface area contributed by atoms with Crippen LogP contribution < -0.4 is 5.43 Å². The number of nitrogens with zero attached hydrogens (tertiary/aromatic N) is 1. The molecule has 28 heavy (non-hydrogen) atoms. The van der Waals surface area contributed by atoms with Crippen molar-refractivity contribution in [1.29, 1.82) is 0 Å². The fourth-order valence-corrected chi connectivity index (χ4v) is 3.60. The number of hydrogen-bond donors (Lipinski definition) is 4. The van der Waals surface area contributed by atoms with Crippen LogP contribution in [0.4, 0.5) is 0 Å². The minimum Gasteiger partial charge on any atom is -0.504 e. The zero-order valence-electron chi connectivity index (χ0n) is 15.1. The summed E-state index contributed by atoms with van der Waals surface area (Å²) in [6.07, 6.45) is 0.849. The third-order valence-electron chi connectivity index (χ3n) is 5.19. The summed E-state index contributed by atoms with van der Waals surface area (Å²) in [5.41, 5.74) is 0.450. The Kier molecular flexibility index (Phi) is 4.70. The van der Waals surface area contributed by atoms with E-state index >= 15 is 0 Å². The van der Waals surface area contributed by atoms with Gasteiger partial charge in [0.1, 0.15) is 11.1 Å². The quantitative estimate of drug-likeness (QED) is 0.514. The molecule has 146 valence electrons. The van der Waals surface area contributed by atoms with Gasteiger partial charge in [0.2, 0.25) is 5.75 Å². The van der Waals surface area contributed by atoms with E-state index < -0.39 is 22.7 Å². The number of aliphatic hydroxyl groups excluding tert-OH is 1. The maximum absolute atomic E-state index is 12.7. The molecule has 3 aromatic rings. The second-order valence-corrected chi connectivity index (χ2v) is 7.08. The van der Waals surface area contributed by atoms with E-state index in [1.807, 2.05) is 23.1 Å². The molecular weight excluding hydrogens is 362 g/mol. The van der Waals surface area contributed by atoms with Crippen LogP contribution in [0.3, 0.4) is 0 Å². The molecule has 1 saturated heterocycles. The van der Waals surface area contributed by atoms with Crippen molar-refractivity contribution in [2.24, 2.45) is 0 Å². The van der Waals surface area contributed by atoms with Gasteiger partial charge in [0.15, 0.2) is 22.5 Å². The number of rotatable bonds is 3. The highest BCUT2D eigenvalue weighted by Crippen LogP contribution is 2.44. The van der Waals surface area contributed by atoms with Gasteiger partial charge >= 0.3 is 0 Å². The number of phenolic OH excluding ortho intramolecular Hbond substituents is 3. The van der Waals surface area contributed by atoms with Gasteiger partial charge in [-0.25, -0.2) is 0 Å². The van der Waals surface area contributed by atoms with Crippen LogP contribution in [0.25, 0.3) is 22.3 Å². The largest absolute Gasteiger partial charge is 0.504 e. The first-order valence-corrected chi connectivity index (χ1v) is 9.15. The van der Waals surface area contributed by atoms with E-state index in [0.717, 1.165) is 0 Å². The van der Waals surface area contributed by atoms with Crippen molar-refractivity contribution in [2.45, 2.75) is 25.5 Å². The second kappa shape index (κ2) is 7.18. The molecule has 7 nitrogen and oxygen atoms in total. The van der Waals surface area contributed by atoms with Crippen molar-refractivity contribution in [1.82, 2.24) is 4.90 Å². The van der Waals surface area contributed by atoms with Crippen LogP contribution in [0.2, 0.25) is 0 Å². The SMILES string of the molecule is O=c1cc(-c2ccccc2)oc2c(CN3CCC(O)CC3)c(O)c(O)c(O)c12. The van der Waals surface area contributed by atoms with E-state index in [0.29, 0.717) is 37.3 Å². The number of piperidine rings is 1. The predicted octanol–water partition coefficient (Wildman–Crippen LogP) is 2.53. The van der Waals surface area contributed by atoms with Crippen molar-refractivity contribution < 1.29 is 24.8 Å². The van der Waals surface area contributed by atoms with E-state index in [1.54, 1.807) is 12.1 Å². The molecule has 0 aliphatic carbocycles. The van der Waals surface area contributed by atoms with Crippen LogP contribution in [0, 0.1) is 0 Å². The van der Waals surface area contributed by atoms with Gasteiger partial charge in [0, 0.05) is 31.3 Å². The molecule has 1 aliphatic rings. The Morgan fingerprint density at radius 1 is 1.00 bits per heavy atom. The summed E-state index contributed by atoms with van der Waals surface area (Å²) < 4.78 is 5.93. The lowest BCUT2D eigenvalue weighted by Crippen LogP contribution is -2.35. The summed E-state index contributed by atoms with van der Waals surface area (Å²) in [6, 6.07) is 10.3. The van der Waals surface area contributed by atoms with E-state index in [2.05, 4.69) is 0 Å².